The Balaban J connectivity index is 1.73. The SMILES string of the molecule is CC[C@@H](C(=O)NC1CCCCC1)N(Cc1ccc(Cl)cc1)C(=O)CN(c1cc(Cl)ccc1Cl)S(=O)(=O)c1ccc(C)cc1. The maximum atomic E-state index is 14.3. The van der Waals surface area contributed by atoms with Crippen molar-refractivity contribution in [2.45, 2.75) is 75.9 Å². The number of rotatable bonds is 11. The van der Waals surface area contributed by atoms with Crippen LogP contribution >= 0.6 is 34.8 Å². The van der Waals surface area contributed by atoms with Crippen molar-refractivity contribution in [3.8, 4) is 0 Å². The highest BCUT2D eigenvalue weighted by Gasteiger charge is 2.35. The molecule has 0 heterocycles. The van der Waals surface area contributed by atoms with Crippen molar-refractivity contribution in [1.82, 2.24) is 10.2 Å². The lowest BCUT2D eigenvalue weighted by Crippen LogP contribution is -2.54. The summed E-state index contributed by atoms with van der Waals surface area (Å²) in [5.41, 5.74) is 1.69. The Bertz CT molecular complexity index is 1530. The first-order valence-electron chi connectivity index (χ1n) is 14.4. The molecule has 0 unspecified atom stereocenters. The molecule has 1 saturated carbocycles. The average Bonchev–Trinajstić information content (AvgIpc) is 2.98. The number of hydrogen-bond donors (Lipinski definition) is 1. The number of halogens is 3. The van der Waals surface area contributed by atoms with E-state index in [1.165, 1.54) is 29.2 Å². The quantitative estimate of drug-likeness (QED) is 0.231. The minimum Gasteiger partial charge on any atom is -0.352 e. The lowest BCUT2D eigenvalue weighted by Gasteiger charge is -2.34. The van der Waals surface area contributed by atoms with Crippen LogP contribution in [0.1, 0.15) is 56.6 Å². The third-order valence-electron chi connectivity index (χ3n) is 7.67. The Hall–Kier alpha value is -2.78. The fourth-order valence-electron chi connectivity index (χ4n) is 5.28. The number of aryl methyl sites for hydroxylation is 1. The van der Waals surface area contributed by atoms with Crippen LogP contribution < -0.4 is 9.62 Å². The summed E-state index contributed by atoms with van der Waals surface area (Å²) in [7, 11) is -4.27. The second-order valence-corrected chi connectivity index (χ2v) is 14.0. The van der Waals surface area contributed by atoms with Crippen LogP contribution in [-0.4, -0.2) is 43.8 Å². The maximum Gasteiger partial charge on any atom is 0.264 e. The molecule has 7 nitrogen and oxygen atoms in total. The van der Waals surface area contributed by atoms with Gasteiger partial charge < -0.3 is 10.2 Å². The molecule has 1 aliphatic carbocycles. The van der Waals surface area contributed by atoms with E-state index in [1.54, 1.807) is 42.5 Å². The van der Waals surface area contributed by atoms with Crippen molar-refractivity contribution >= 4 is 62.3 Å². The van der Waals surface area contributed by atoms with Crippen molar-refractivity contribution in [3.05, 3.63) is 92.9 Å². The number of nitrogens with one attached hydrogen (secondary N) is 1. The summed E-state index contributed by atoms with van der Waals surface area (Å²) >= 11 is 18.9. The van der Waals surface area contributed by atoms with Gasteiger partial charge in [0.2, 0.25) is 11.8 Å². The first kappa shape index (κ1) is 33.1. The Labute approximate surface area is 269 Å². The molecule has 0 aromatic heterocycles. The molecule has 0 spiro atoms. The Kier molecular flexibility index (Phi) is 11.4. The van der Waals surface area contributed by atoms with Gasteiger partial charge >= 0.3 is 0 Å². The highest BCUT2D eigenvalue weighted by Crippen LogP contribution is 2.33. The van der Waals surface area contributed by atoms with Crippen LogP contribution in [0.2, 0.25) is 15.1 Å². The van der Waals surface area contributed by atoms with Gasteiger partial charge in [-0.25, -0.2) is 8.42 Å². The van der Waals surface area contributed by atoms with E-state index in [4.69, 9.17) is 34.8 Å². The highest BCUT2D eigenvalue weighted by atomic mass is 35.5. The van der Waals surface area contributed by atoms with Crippen molar-refractivity contribution in [3.63, 3.8) is 0 Å². The number of benzene rings is 3. The molecular weight excluding hydrogens is 629 g/mol. The summed E-state index contributed by atoms with van der Waals surface area (Å²) in [6.45, 7) is 3.16. The van der Waals surface area contributed by atoms with E-state index in [9.17, 15) is 18.0 Å². The van der Waals surface area contributed by atoms with Gasteiger partial charge in [-0.2, -0.15) is 0 Å². The van der Waals surface area contributed by atoms with Crippen LogP contribution in [-0.2, 0) is 26.2 Å². The number of sulfonamides is 1. The van der Waals surface area contributed by atoms with Crippen molar-refractivity contribution < 1.29 is 18.0 Å². The molecule has 2 amide bonds. The van der Waals surface area contributed by atoms with Gasteiger partial charge in [0, 0.05) is 22.6 Å². The zero-order valence-electron chi connectivity index (χ0n) is 24.2. The van der Waals surface area contributed by atoms with Gasteiger partial charge in [0.25, 0.3) is 10.0 Å². The maximum absolute atomic E-state index is 14.3. The standard InChI is InChI=1S/C32H36Cl3N3O4S/c1-3-29(32(40)36-26-7-5-4-6-8-26)37(20-23-11-13-24(33)14-12-23)31(39)21-38(30-19-25(34)15-18-28(30)35)43(41,42)27-16-9-22(2)10-17-27/h9-19,26,29H,3-8,20-21H2,1-2H3,(H,36,40)/t29-/m0/s1. The van der Waals surface area contributed by atoms with Crippen LogP contribution in [0.25, 0.3) is 0 Å². The van der Waals surface area contributed by atoms with E-state index in [0.29, 0.717) is 11.4 Å². The Morgan fingerprint density at radius 3 is 2.16 bits per heavy atom. The van der Waals surface area contributed by atoms with Gasteiger partial charge in [0.05, 0.1) is 15.6 Å². The fourth-order valence-corrected chi connectivity index (χ4v) is 7.26. The van der Waals surface area contributed by atoms with E-state index in [0.717, 1.165) is 47.5 Å². The second-order valence-electron chi connectivity index (χ2n) is 10.8. The molecule has 1 N–H and O–H groups in total. The molecule has 43 heavy (non-hydrogen) atoms. The van der Waals surface area contributed by atoms with E-state index in [2.05, 4.69) is 5.32 Å². The third-order valence-corrected chi connectivity index (χ3v) is 10.2. The van der Waals surface area contributed by atoms with Gasteiger partial charge in [0.15, 0.2) is 0 Å². The second kappa shape index (κ2) is 14.8. The largest absolute Gasteiger partial charge is 0.352 e. The number of carbonyl (C=O) groups is 2. The number of nitrogens with zero attached hydrogens (tertiary/aromatic N) is 2. The van der Waals surface area contributed by atoms with Crippen molar-refractivity contribution in [2.24, 2.45) is 0 Å². The number of amides is 2. The fraction of sp³-hybridized carbons (Fsp3) is 0.375. The smallest absolute Gasteiger partial charge is 0.264 e. The topological polar surface area (TPSA) is 86.8 Å². The van der Waals surface area contributed by atoms with Gasteiger partial charge in [-0.15, -0.1) is 0 Å². The van der Waals surface area contributed by atoms with E-state index < -0.39 is 28.5 Å². The number of hydrogen-bond acceptors (Lipinski definition) is 4. The van der Waals surface area contributed by atoms with Gasteiger partial charge in [0.1, 0.15) is 12.6 Å². The lowest BCUT2D eigenvalue weighted by molar-refractivity contribution is -0.140. The summed E-state index contributed by atoms with van der Waals surface area (Å²) in [5.74, 6) is -0.822. The molecule has 4 rings (SSSR count). The summed E-state index contributed by atoms with van der Waals surface area (Å²) in [5, 5.41) is 4.04. The Morgan fingerprint density at radius 2 is 1.53 bits per heavy atom. The Morgan fingerprint density at radius 1 is 0.907 bits per heavy atom. The molecule has 1 atom stereocenters. The predicted octanol–water partition coefficient (Wildman–Crippen LogP) is 7.41. The van der Waals surface area contributed by atoms with Crippen LogP contribution in [0.5, 0.6) is 0 Å². The van der Waals surface area contributed by atoms with Gasteiger partial charge in [-0.3, -0.25) is 13.9 Å². The molecule has 3 aromatic carbocycles. The van der Waals surface area contributed by atoms with Crippen molar-refractivity contribution in [2.75, 3.05) is 10.8 Å². The summed E-state index contributed by atoms with van der Waals surface area (Å²) < 4.78 is 29.1. The van der Waals surface area contributed by atoms with E-state index >= 15 is 0 Å². The van der Waals surface area contributed by atoms with Crippen LogP contribution in [0.15, 0.2) is 71.6 Å². The molecular formula is C32H36Cl3N3O4S. The summed E-state index contributed by atoms with van der Waals surface area (Å²) in [4.78, 5) is 29.3. The molecule has 230 valence electrons. The van der Waals surface area contributed by atoms with Gasteiger partial charge in [-0.1, -0.05) is 90.8 Å². The van der Waals surface area contributed by atoms with E-state index in [1.807, 2.05) is 13.8 Å². The lowest BCUT2D eigenvalue weighted by atomic mass is 9.95. The van der Waals surface area contributed by atoms with E-state index in [-0.39, 0.29) is 39.1 Å². The average molecular weight is 665 g/mol. The van der Waals surface area contributed by atoms with Crippen LogP contribution in [0.4, 0.5) is 5.69 Å². The molecule has 0 radical (unpaired) electrons. The molecule has 0 bridgehead atoms. The number of anilines is 1. The molecule has 11 heteroatoms. The molecule has 3 aromatic rings. The highest BCUT2D eigenvalue weighted by molar-refractivity contribution is 7.92. The predicted molar refractivity (Wildman–Crippen MR) is 173 cm³/mol. The first-order valence-corrected chi connectivity index (χ1v) is 17.0. The van der Waals surface area contributed by atoms with Crippen molar-refractivity contribution in [1.29, 1.82) is 0 Å². The molecule has 0 aliphatic heterocycles. The van der Waals surface area contributed by atoms with Crippen LogP contribution in [0, 0.1) is 6.92 Å². The zero-order valence-corrected chi connectivity index (χ0v) is 27.3. The zero-order chi connectivity index (χ0) is 31.1. The third kappa shape index (κ3) is 8.44. The molecule has 1 aliphatic rings. The minimum atomic E-state index is -4.27. The first-order chi connectivity index (χ1) is 20.5. The molecule has 0 saturated heterocycles. The normalized spacial score (nSPS) is 14.6. The summed E-state index contributed by atoms with van der Waals surface area (Å²) in [6, 6.07) is 17.0. The number of carbonyl (C=O) groups excluding carboxylic acids is 2. The minimum absolute atomic E-state index is 0.00623. The summed E-state index contributed by atoms with van der Waals surface area (Å²) in [6.07, 6.45) is 5.34. The van der Waals surface area contributed by atoms with Gasteiger partial charge in [-0.05, 0) is 74.2 Å². The van der Waals surface area contributed by atoms with Crippen LogP contribution in [0.3, 0.4) is 0 Å². The molecule has 1 fully saturated rings. The monoisotopic (exact) mass is 663 g/mol.